The molecule has 0 aromatic rings. The van der Waals surface area contributed by atoms with E-state index in [4.69, 9.17) is 4.55 Å². The number of rotatable bonds is 36. The van der Waals surface area contributed by atoms with E-state index < -0.39 is 26.0 Å². The van der Waals surface area contributed by atoms with Gasteiger partial charge < -0.3 is 20.0 Å². The van der Waals surface area contributed by atoms with Crippen LogP contribution in [0, 0.1) is 0 Å². The first-order valence-corrected chi connectivity index (χ1v) is 23.5. The second kappa shape index (κ2) is 41.2. The van der Waals surface area contributed by atoms with E-state index in [2.05, 4.69) is 24.2 Å². The van der Waals surface area contributed by atoms with Crippen molar-refractivity contribution in [1.82, 2.24) is 5.32 Å². The zero-order chi connectivity index (χ0) is 37.6. The maximum absolute atomic E-state index is 11.5. The maximum Gasteiger partial charge on any atom is 2.00 e. The van der Waals surface area contributed by atoms with Crippen molar-refractivity contribution >= 4 is 69.8 Å². The Morgan fingerprint density at radius 2 is 0.902 bits per heavy atom. The van der Waals surface area contributed by atoms with E-state index in [1.165, 1.54) is 135 Å². The van der Waals surface area contributed by atoms with Gasteiger partial charge in [0.2, 0.25) is 5.91 Å². The molecule has 0 spiro atoms. The monoisotopic (exact) mass is 792 g/mol. The van der Waals surface area contributed by atoms with E-state index in [-0.39, 0.29) is 74.7 Å². The summed E-state index contributed by atoms with van der Waals surface area (Å²) in [6.45, 7) is 4.94. The summed E-state index contributed by atoms with van der Waals surface area (Å²) in [5.41, 5.74) is 0. The van der Waals surface area contributed by atoms with Gasteiger partial charge in [0.15, 0.2) is 0 Å². The summed E-state index contributed by atoms with van der Waals surface area (Å²) in [5.74, 6) is -0.945. The van der Waals surface area contributed by atoms with Crippen molar-refractivity contribution in [3.63, 3.8) is 0 Å². The summed E-state index contributed by atoms with van der Waals surface area (Å²) in [4.78, 5) is 15.3. The molecule has 300 valence electrons. The van der Waals surface area contributed by atoms with Gasteiger partial charge in [-0.05, 0) is 38.0 Å². The summed E-state index contributed by atoms with van der Waals surface area (Å²) in [7, 11) is -8.10. The number of unbranched alkanes of at least 4 members (excludes halogenated alkanes) is 24. The minimum absolute atomic E-state index is 0. The van der Waals surface area contributed by atoms with Crippen molar-refractivity contribution in [2.24, 2.45) is 4.99 Å². The van der Waals surface area contributed by atoms with Crippen LogP contribution in [0.2, 0.25) is 0 Å². The van der Waals surface area contributed by atoms with Gasteiger partial charge in [-0.25, -0.2) is 8.42 Å². The fourth-order valence-electron chi connectivity index (χ4n) is 5.69. The van der Waals surface area contributed by atoms with Crippen molar-refractivity contribution in [2.45, 2.75) is 206 Å². The van der Waals surface area contributed by atoms with Crippen LogP contribution in [0.25, 0.3) is 0 Å². The minimum atomic E-state index is -4.18. The van der Waals surface area contributed by atoms with Gasteiger partial charge in [0.25, 0.3) is 10.1 Å². The Hall–Kier alpha value is 0.0197. The Morgan fingerprint density at radius 3 is 1.25 bits per heavy atom. The van der Waals surface area contributed by atoms with Crippen LogP contribution < -0.4 is 10.4 Å². The molecule has 0 fully saturated rings. The van der Waals surface area contributed by atoms with E-state index in [0.29, 0.717) is 19.4 Å². The molecule has 0 heterocycles. The number of aliphatic imine (C=N–C) groups is 1. The molecule has 0 atom stereocenters. The van der Waals surface area contributed by atoms with Crippen LogP contribution in [-0.2, 0) is 25.0 Å². The average Bonchev–Trinajstić information content (AvgIpc) is 3.05. The van der Waals surface area contributed by atoms with Crippen LogP contribution in [0.3, 0.4) is 0 Å². The topological polar surface area (TPSA) is 176 Å². The van der Waals surface area contributed by atoms with Gasteiger partial charge in [-0.3, -0.25) is 9.35 Å². The summed E-state index contributed by atoms with van der Waals surface area (Å²) in [6.07, 6.45) is 34.5. The molecule has 0 aromatic carbocycles. The van der Waals surface area contributed by atoms with Crippen molar-refractivity contribution in [1.29, 1.82) is 0 Å². The van der Waals surface area contributed by atoms with E-state index in [9.17, 15) is 31.3 Å². The molecule has 51 heavy (non-hydrogen) atoms. The number of carbonyl (C=O) groups is 1. The van der Waals surface area contributed by atoms with Crippen LogP contribution in [0.4, 0.5) is 0 Å². The predicted molar refractivity (Wildman–Crippen MR) is 212 cm³/mol. The van der Waals surface area contributed by atoms with Crippen molar-refractivity contribution < 1.29 is 35.8 Å². The van der Waals surface area contributed by atoms with Gasteiger partial charge in [-0.15, -0.1) is 0 Å². The third-order valence-corrected chi connectivity index (χ3v) is 10.3. The summed E-state index contributed by atoms with van der Waals surface area (Å²) >= 11 is 0. The first-order valence-electron chi connectivity index (χ1n) is 20.3. The largest absolute Gasteiger partial charge is 2.00 e. The van der Waals surface area contributed by atoms with Crippen molar-refractivity contribution in [3.05, 3.63) is 0 Å². The standard InChI is InChI=1S/2C19H39NO4S.Ca/c2*1-2-3-4-5-6-7-8-9-10-11-12-13-14-16-19(21)20-17-15-18-25(22,23)24;/h2*2-18H2,1H3,(H,20,21)(H,22,23,24);/q;;+2/p-2. The SMILES string of the molecule is CCCCCCCCCCCCCCCC(=O)NCCCS(=O)(=O)O.CCCCCCCCCCCCCCCC([O-])=NCCCS(=O)(=O)[O-].[Ca+2]. The first kappa shape index (κ1) is 55.4. The van der Waals surface area contributed by atoms with Crippen LogP contribution >= 0.6 is 0 Å². The molecule has 0 saturated heterocycles. The Morgan fingerprint density at radius 1 is 0.549 bits per heavy atom. The van der Waals surface area contributed by atoms with E-state index >= 15 is 0 Å². The molecule has 0 aliphatic rings. The molecule has 0 aromatic heterocycles. The third kappa shape index (κ3) is 54.5. The summed E-state index contributed by atoms with van der Waals surface area (Å²) in [6, 6.07) is 0. The van der Waals surface area contributed by atoms with Crippen molar-refractivity contribution in [2.75, 3.05) is 24.6 Å². The molecular weight excluding hydrogens is 717 g/mol. The van der Waals surface area contributed by atoms with Crippen LogP contribution in [0.15, 0.2) is 4.99 Å². The predicted octanol–water partition coefficient (Wildman–Crippen LogP) is 8.64. The Labute approximate surface area is 344 Å². The molecule has 0 saturated carbocycles. The second-order valence-electron chi connectivity index (χ2n) is 13.9. The Bertz CT molecular complexity index is 996. The number of hydrogen-bond donors (Lipinski definition) is 2. The third-order valence-electron chi connectivity index (χ3n) is 8.74. The second-order valence-corrected chi connectivity index (χ2v) is 17.0. The fraction of sp³-hybridized carbons (Fsp3) is 0.947. The average molecular weight is 793 g/mol. The van der Waals surface area contributed by atoms with Gasteiger partial charge in [-0.2, -0.15) is 8.42 Å². The Balaban J connectivity index is -0.000000886. The molecule has 2 N–H and O–H groups in total. The number of nitrogens with one attached hydrogen (secondary N) is 1. The summed E-state index contributed by atoms with van der Waals surface area (Å²) in [5, 5.41) is 14.2. The number of carbonyl (C=O) groups excluding carboxylic acids is 1. The molecule has 0 rings (SSSR count). The summed E-state index contributed by atoms with van der Waals surface area (Å²) < 4.78 is 60.8. The molecule has 10 nitrogen and oxygen atoms in total. The van der Waals surface area contributed by atoms with Crippen LogP contribution in [0.5, 0.6) is 0 Å². The van der Waals surface area contributed by atoms with Crippen molar-refractivity contribution in [3.8, 4) is 0 Å². The Kier molecular flexibility index (Phi) is 44.7. The molecule has 0 bridgehead atoms. The quantitative estimate of drug-likeness (QED) is 0.0208. The molecule has 0 aliphatic heterocycles. The number of nitrogens with zero attached hydrogens (tertiary/aromatic N) is 1. The fourth-order valence-corrected chi connectivity index (χ4v) is 6.68. The van der Waals surface area contributed by atoms with E-state index in [1.807, 2.05) is 0 Å². The molecule has 1 amide bonds. The van der Waals surface area contributed by atoms with Crippen LogP contribution in [-0.4, -0.2) is 100 Å². The molecule has 13 heteroatoms. The van der Waals surface area contributed by atoms with Gasteiger partial charge in [0, 0.05) is 25.3 Å². The van der Waals surface area contributed by atoms with Gasteiger partial charge in [0.1, 0.15) is 0 Å². The zero-order valence-electron chi connectivity index (χ0n) is 32.8. The normalized spacial score (nSPS) is 11.9. The van der Waals surface area contributed by atoms with Crippen LogP contribution in [0.1, 0.15) is 206 Å². The van der Waals surface area contributed by atoms with E-state index in [0.717, 1.165) is 32.1 Å². The minimum Gasteiger partial charge on any atom is -0.862 e. The molecule has 0 radical (unpaired) electrons. The van der Waals surface area contributed by atoms with E-state index in [1.54, 1.807) is 0 Å². The maximum atomic E-state index is 11.5. The molecule has 0 unspecified atom stereocenters. The number of amides is 1. The first-order chi connectivity index (χ1) is 23.9. The molecular formula is C38H76CaN2O8S2. The molecule has 0 aliphatic carbocycles. The van der Waals surface area contributed by atoms with Gasteiger partial charge in [-0.1, -0.05) is 168 Å². The van der Waals surface area contributed by atoms with Gasteiger partial charge in [0.05, 0.1) is 15.9 Å². The zero-order valence-corrected chi connectivity index (χ0v) is 36.7. The number of hydrogen-bond acceptors (Lipinski definition) is 8. The van der Waals surface area contributed by atoms with Gasteiger partial charge >= 0.3 is 37.7 Å². The smallest absolute Gasteiger partial charge is 0.862 e.